The van der Waals surface area contributed by atoms with Gasteiger partial charge < -0.3 is 10.6 Å². The number of nitrogens with zero attached hydrogens (tertiary/aromatic N) is 1. The summed E-state index contributed by atoms with van der Waals surface area (Å²) in [6.45, 7) is 3.36. The monoisotopic (exact) mass is 272 g/mol. The van der Waals surface area contributed by atoms with Crippen LogP contribution in [-0.2, 0) is 0 Å². The molecule has 0 heterocycles. The second-order valence-corrected chi connectivity index (χ2v) is 6.92. The first-order valence-electron chi connectivity index (χ1n) is 8.24. The number of fused-ring (bicyclic) bond motifs is 2. The first kappa shape index (κ1) is 13.9. The molecule has 0 spiro atoms. The molecule has 0 radical (unpaired) electrons. The van der Waals surface area contributed by atoms with E-state index in [9.17, 15) is 0 Å². The average Bonchev–Trinajstić information content (AvgIpc) is 3.09. The van der Waals surface area contributed by atoms with E-state index in [4.69, 9.17) is 5.73 Å². The molecule has 0 aliphatic heterocycles. The normalized spacial score (nSPS) is 29.6. The third kappa shape index (κ3) is 2.71. The van der Waals surface area contributed by atoms with Crippen LogP contribution in [0.25, 0.3) is 0 Å². The summed E-state index contributed by atoms with van der Waals surface area (Å²) in [7, 11) is 2.24. The Kier molecular flexibility index (Phi) is 4.02. The molecule has 2 aliphatic rings. The van der Waals surface area contributed by atoms with Gasteiger partial charge in [0, 0.05) is 25.3 Å². The van der Waals surface area contributed by atoms with Crippen molar-refractivity contribution in [3.63, 3.8) is 0 Å². The maximum atomic E-state index is 6.08. The minimum absolute atomic E-state index is 0.180. The van der Waals surface area contributed by atoms with Gasteiger partial charge in [0.05, 0.1) is 0 Å². The van der Waals surface area contributed by atoms with Crippen LogP contribution in [0, 0.1) is 17.8 Å². The molecule has 2 aliphatic carbocycles. The first-order chi connectivity index (χ1) is 9.67. The van der Waals surface area contributed by atoms with Gasteiger partial charge in [-0.1, -0.05) is 25.5 Å². The highest BCUT2D eigenvalue weighted by molar-refractivity contribution is 5.47. The largest absolute Gasteiger partial charge is 0.374 e. The van der Waals surface area contributed by atoms with E-state index in [1.165, 1.54) is 43.5 Å². The Morgan fingerprint density at radius 3 is 2.50 bits per heavy atom. The number of anilines is 1. The molecular formula is C18H28N2. The lowest BCUT2D eigenvalue weighted by Crippen LogP contribution is -2.28. The number of hydrogen-bond donors (Lipinski definition) is 1. The molecular weight excluding hydrogens is 244 g/mol. The Balaban J connectivity index is 1.61. The molecule has 2 nitrogen and oxygen atoms in total. The standard InChI is InChI=1S/C18H28N2/c1-3-18(19)14-6-8-17(9-7-14)20(2)12-16-11-13-4-5-15(16)10-13/h6-9,13,15-16,18H,3-5,10-12,19H2,1-2H3/t13?,15?,16?,18-/m0/s1. The predicted octanol–water partition coefficient (Wildman–Crippen LogP) is 3.97. The Hall–Kier alpha value is -1.02. The molecule has 3 unspecified atom stereocenters. The molecule has 1 aromatic carbocycles. The third-order valence-electron chi connectivity index (χ3n) is 5.59. The smallest absolute Gasteiger partial charge is 0.0363 e. The SMILES string of the molecule is CC[C@H](N)c1ccc(N(C)CC2CC3CCC2C3)cc1. The van der Waals surface area contributed by atoms with E-state index < -0.39 is 0 Å². The van der Waals surface area contributed by atoms with E-state index in [0.717, 1.165) is 24.2 Å². The van der Waals surface area contributed by atoms with Crippen molar-refractivity contribution in [3.05, 3.63) is 29.8 Å². The number of benzene rings is 1. The quantitative estimate of drug-likeness (QED) is 0.879. The van der Waals surface area contributed by atoms with E-state index in [1.807, 2.05) is 0 Å². The summed E-state index contributed by atoms with van der Waals surface area (Å²) in [4.78, 5) is 2.44. The summed E-state index contributed by atoms with van der Waals surface area (Å²) >= 11 is 0. The molecule has 2 saturated carbocycles. The molecule has 2 heteroatoms. The Labute approximate surface area is 123 Å². The Morgan fingerprint density at radius 2 is 1.95 bits per heavy atom. The predicted molar refractivity (Wildman–Crippen MR) is 85.9 cm³/mol. The Bertz CT molecular complexity index is 439. The molecule has 3 rings (SSSR count). The highest BCUT2D eigenvalue weighted by atomic mass is 15.1. The molecule has 0 saturated heterocycles. The van der Waals surface area contributed by atoms with Crippen molar-refractivity contribution in [1.82, 2.24) is 0 Å². The summed E-state index contributed by atoms with van der Waals surface area (Å²) in [5, 5.41) is 0. The van der Waals surface area contributed by atoms with Crippen molar-refractivity contribution in [3.8, 4) is 0 Å². The molecule has 4 atom stereocenters. The summed E-state index contributed by atoms with van der Waals surface area (Å²) in [6.07, 6.45) is 6.94. The lowest BCUT2D eigenvalue weighted by Gasteiger charge is -2.28. The van der Waals surface area contributed by atoms with E-state index >= 15 is 0 Å². The minimum atomic E-state index is 0.180. The van der Waals surface area contributed by atoms with Crippen molar-refractivity contribution < 1.29 is 0 Å². The van der Waals surface area contributed by atoms with Gasteiger partial charge in [-0.15, -0.1) is 0 Å². The van der Waals surface area contributed by atoms with Crippen molar-refractivity contribution in [2.45, 2.75) is 45.1 Å². The van der Waals surface area contributed by atoms with Crippen LogP contribution < -0.4 is 10.6 Å². The maximum absolute atomic E-state index is 6.08. The summed E-state index contributed by atoms with van der Waals surface area (Å²) in [5.41, 5.74) is 8.67. The maximum Gasteiger partial charge on any atom is 0.0363 e. The van der Waals surface area contributed by atoms with E-state index in [1.54, 1.807) is 0 Å². The van der Waals surface area contributed by atoms with Crippen LogP contribution >= 0.6 is 0 Å². The fourth-order valence-corrected chi connectivity index (χ4v) is 4.27. The average molecular weight is 272 g/mol. The molecule has 2 bridgehead atoms. The lowest BCUT2D eigenvalue weighted by atomic mass is 9.88. The summed E-state index contributed by atoms with van der Waals surface area (Å²) in [6, 6.07) is 9.04. The van der Waals surface area contributed by atoms with Gasteiger partial charge in [0.1, 0.15) is 0 Å². The number of hydrogen-bond acceptors (Lipinski definition) is 2. The summed E-state index contributed by atoms with van der Waals surface area (Å²) < 4.78 is 0. The van der Waals surface area contributed by atoms with E-state index in [0.29, 0.717) is 0 Å². The first-order valence-corrected chi connectivity index (χ1v) is 8.24. The lowest BCUT2D eigenvalue weighted by molar-refractivity contribution is 0.337. The van der Waals surface area contributed by atoms with Crippen molar-refractivity contribution in [1.29, 1.82) is 0 Å². The van der Waals surface area contributed by atoms with Crippen LogP contribution in [-0.4, -0.2) is 13.6 Å². The van der Waals surface area contributed by atoms with Crippen LogP contribution in [0.3, 0.4) is 0 Å². The van der Waals surface area contributed by atoms with Crippen LogP contribution in [0.5, 0.6) is 0 Å². The molecule has 20 heavy (non-hydrogen) atoms. The number of rotatable bonds is 5. The van der Waals surface area contributed by atoms with Gasteiger partial charge in [0.25, 0.3) is 0 Å². The molecule has 0 aromatic heterocycles. The van der Waals surface area contributed by atoms with Crippen molar-refractivity contribution >= 4 is 5.69 Å². The summed E-state index contributed by atoms with van der Waals surface area (Å²) in [5.74, 6) is 2.98. The van der Waals surface area contributed by atoms with Gasteiger partial charge >= 0.3 is 0 Å². The van der Waals surface area contributed by atoms with Gasteiger partial charge in [-0.3, -0.25) is 0 Å². The van der Waals surface area contributed by atoms with Crippen LogP contribution in [0.4, 0.5) is 5.69 Å². The molecule has 1 aromatic rings. The third-order valence-corrected chi connectivity index (χ3v) is 5.59. The van der Waals surface area contributed by atoms with Gasteiger partial charge in [0.2, 0.25) is 0 Å². The van der Waals surface area contributed by atoms with Gasteiger partial charge in [0.15, 0.2) is 0 Å². The van der Waals surface area contributed by atoms with Gasteiger partial charge in [-0.25, -0.2) is 0 Å². The van der Waals surface area contributed by atoms with Crippen LogP contribution in [0.2, 0.25) is 0 Å². The molecule has 110 valence electrons. The zero-order valence-electron chi connectivity index (χ0n) is 12.9. The Morgan fingerprint density at radius 1 is 1.20 bits per heavy atom. The van der Waals surface area contributed by atoms with Crippen LogP contribution in [0.1, 0.15) is 50.6 Å². The molecule has 2 N–H and O–H groups in total. The fourth-order valence-electron chi connectivity index (χ4n) is 4.27. The highest BCUT2D eigenvalue weighted by Crippen LogP contribution is 2.48. The van der Waals surface area contributed by atoms with Crippen LogP contribution in [0.15, 0.2) is 24.3 Å². The van der Waals surface area contributed by atoms with E-state index in [2.05, 4.69) is 43.1 Å². The zero-order valence-corrected chi connectivity index (χ0v) is 12.9. The molecule has 0 amide bonds. The number of nitrogens with two attached hydrogens (primary N) is 1. The van der Waals surface area contributed by atoms with Gasteiger partial charge in [-0.2, -0.15) is 0 Å². The van der Waals surface area contributed by atoms with E-state index in [-0.39, 0.29) is 6.04 Å². The topological polar surface area (TPSA) is 29.3 Å². The van der Waals surface area contributed by atoms with Crippen molar-refractivity contribution in [2.75, 3.05) is 18.5 Å². The fraction of sp³-hybridized carbons (Fsp3) is 0.667. The second-order valence-electron chi connectivity index (χ2n) is 6.92. The minimum Gasteiger partial charge on any atom is -0.374 e. The van der Waals surface area contributed by atoms with Gasteiger partial charge in [-0.05, 0) is 61.1 Å². The molecule has 2 fully saturated rings. The van der Waals surface area contributed by atoms with Crippen molar-refractivity contribution in [2.24, 2.45) is 23.5 Å². The second kappa shape index (κ2) is 5.77. The zero-order chi connectivity index (χ0) is 14.1. The highest BCUT2D eigenvalue weighted by Gasteiger charge is 2.39.